The van der Waals surface area contributed by atoms with Crippen LogP contribution >= 0.6 is 11.8 Å². The molecule has 1 N–H and O–H groups in total. The van der Waals surface area contributed by atoms with Gasteiger partial charge in [0.2, 0.25) is 0 Å². The molecule has 0 fully saturated rings. The van der Waals surface area contributed by atoms with Crippen molar-refractivity contribution >= 4 is 17.7 Å². The molecule has 1 atom stereocenters. The lowest BCUT2D eigenvalue weighted by Crippen LogP contribution is -2.12. The third-order valence-corrected chi connectivity index (χ3v) is 3.37. The van der Waals surface area contributed by atoms with Crippen LogP contribution in [0.1, 0.15) is 13.3 Å². The molecule has 84 valence electrons. The third kappa shape index (κ3) is 4.88. The summed E-state index contributed by atoms with van der Waals surface area (Å²) < 4.78 is 2.03. The maximum atomic E-state index is 10.5. The van der Waals surface area contributed by atoms with Crippen molar-refractivity contribution in [2.45, 2.75) is 19.9 Å². The van der Waals surface area contributed by atoms with Gasteiger partial charge < -0.3 is 9.67 Å². The molecular weight excluding hydrogens is 212 g/mol. The Morgan fingerprint density at radius 1 is 1.67 bits per heavy atom. The molecule has 0 saturated carbocycles. The van der Waals surface area contributed by atoms with E-state index in [2.05, 4.69) is 4.98 Å². The van der Waals surface area contributed by atoms with Crippen molar-refractivity contribution < 1.29 is 9.90 Å². The van der Waals surface area contributed by atoms with Crippen LogP contribution < -0.4 is 0 Å². The second kappa shape index (κ2) is 6.50. The first-order chi connectivity index (χ1) is 7.20. The van der Waals surface area contributed by atoms with Gasteiger partial charge in [-0.05, 0) is 12.2 Å². The van der Waals surface area contributed by atoms with Gasteiger partial charge in [-0.1, -0.05) is 6.92 Å². The maximum Gasteiger partial charge on any atom is 0.307 e. The number of thioether (sulfide) groups is 1. The van der Waals surface area contributed by atoms with Gasteiger partial charge in [0.05, 0.1) is 12.2 Å². The monoisotopic (exact) mass is 228 g/mol. The van der Waals surface area contributed by atoms with Gasteiger partial charge in [0.1, 0.15) is 0 Å². The van der Waals surface area contributed by atoms with E-state index in [0.717, 1.165) is 18.7 Å². The molecule has 1 aromatic heterocycles. The zero-order valence-electron chi connectivity index (χ0n) is 8.80. The highest BCUT2D eigenvalue weighted by Crippen LogP contribution is 2.10. The Kier molecular flexibility index (Phi) is 5.25. The van der Waals surface area contributed by atoms with Crippen molar-refractivity contribution in [2.24, 2.45) is 5.92 Å². The van der Waals surface area contributed by atoms with Crippen LogP contribution in [0.4, 0.5) is 0 Å². The first-order valence-corrected chi connectivity index (χ1v) is 6.12. The molecule has 0 amide bonds. The highest BCUT2D eigenvalue weighted by Gasteiger charge is 2.09. The molecule has 1 heterocycles. The predicted octanol–water partition coefficient (Wildman–Crippen LogP) is 1.73. The molecule has 0 spiro atoms. The van der Waals surface area contributed by atoms with Crippen molar-refractivity contribution in [1.82, 2.24) is 9.55 Å². The quantitative estimate of drug-likeness (QED) is 0.722. The van der Waals surface area contributed by atoms with Gasteiger partial charge in [-0.15, -0.1) is 0 Å². The first kappa shape index (κ1) is 12.1. The number of carboxylic acid groups (broad SMARTS) is 1. The van der Waals surface area contributed by atoms with Crippen molar-refractivity contribution in [3.05, 3.63) is 18.7 Å². The summed E-state index contributed by atoms with van der Waals surface area (Å²) in [6.07, 6.45) is 6.54. The van der Waals surface area contributed by atoms with Gasteiger partial charge in [0.15, 0.2) is 0 Å². The van der Waals surface area contributed by atoms with E-state index in [1.807, 2.05) is 10.8 Å². The van der Waals surface area contributed by atoms with Crippen molar-refractivity contribution in [3.63, 3.8) is 0 Å². The molecule has 5 heteroatoms. The Morgan fingerprint density at radius 3 is 3.07 bits per heavy atom. The average Bonchev–Trinajstić information content (AvgIpc) is 2.69. The molecule has 0 radical (unpaired) electrons. The fraction of sp³-hybridized carbons (Fsp3) is 0.600. The van der Waals surface area contributed by atoms with Crippen LogP contribution in [0.5, 0.6) is 0 Å². The molecule has 1 unspecified atom stereocenters. The lowest BCUT2D eigenvalue weighted by Gasteiger charge is -2.05. The molecule has 1 rings (SSSR count). The standard InChI is InChI=1S/C10H16N2O2S/c1-9(10(13)14)7-15-6-2-4-12-5-3-11-8-12/h3,5,8-9H,2,4,6-7H2,1H3,(H,13,14). The number of carboxylic acids is 1. The highest BCUT2D eigenvalue weighted by atomic mass is 32.2. The molecule has 0 saturated heterocycles. The third-order valence-electron chi connectivity index (χ3n) is 2.05. The topological polar surface area (TPSA) is 55.1 Å². The maximum absolute atomic E-state index is 10.5. The number of carbonyl (C=O) groups is 1. The first-order valence-electron chi connectivity index (χ1n) is 4.96. The van der Waals surface area contributed by atoms with Crippen molar-refractivity contribution in [1.29, 1.82) is 0 Å². The van der Waals surface area contributed by atoms with Crippen LogP contribution in [0.3, 0.4) is 0 Å². The average molecular weight is 228 g/mol. The molecular formula is C10H16N2O2S. The smallest absolute Gasteiger partial charge is 0.307 e. The highest BCUT2D eigenvalue weighted by molar-refractivity contribution is 7.99. The fourth-order valence-corrected chi connectivity index (χ4v) is 2.10. The summed E-state index contributed by atoms with van der Waals surface area (Å²) in [6.45, 7) is 2.69. The van der Waals surface area contributed by atoms with Gasteiger partial charge >= 0.3 is 5.97 Å². The molecule has 0 bridgehead atoms. The van der Waals surface area contributed by atoms with Gasteiger partial charge in [-0.2, -0.15) is 11.8 Å². The normalized spacial score (nSPS) is 12.6. The zero-order valence-corrected chi connectivity index (χ0v) is 9.61. The van der Waals surface area contributed by atoms with E-state index < -0.39 is 5.97 Å². The molecule has 0 aliphatic carbocycles. The number of nitrogens with zero attached hydrogens (tertiary/aromatic N) is 2. The molecule has 0 aromatic carbocycles. The zero-order chi connectivity index (χ0) is 11.1. The molecule has 1 aromatic rings. The van der Waals surface area contributed by atoms with E-state index in [4.69, 9.17) is 5.11 Å². The molecule has 4 nitrogen and oxygen atoms in total. The second-order valence-corrected chi connectivity index (χ2v) is 4.62. The Morgan fingerprint density at radius 2 is 2.47 bits per heavy atom. The van der Waals surface area contributed by atoms with Crippen LogP contribution in [0.15, 0.2) is 18.7 Å². The Labute approximate surface area is 93.7 Å². The van der Waals surface area contributed by atoms with Crippen LogP contribution in [0, 0.1) is 5.92 Å². The summed E-state index contributed by atoms with van der Waals surface area (Å²) in [6, 6.07) is 0. The largest absolute Gasteiger partial charge is 0.481 e. The van der Waals surface area contributed by atoms with Crippen LogP contribution in [0.2, 0.25) is 0 Å². The van der Waals surface area contributed by atoms with Crippen molar-refractivity contribution in [2.75, 3.05) is 11.5 Å². The number of aryl methyl sites for hydroxylation is 1. The minimum Gasteiger partial charge on any atom is -0.481 e. The number of aromatic nitrogens is 2. The lowest BCUT2D eigenvalue weighted by molar-refractivity contribution is -0.140. The second-order valence-electron chi connectivity index (χ2n) is 3.47. The minimum absolute atomic E-state index is 0.247. The Bertz CT molecular complexity index is 288. The minimum atomic E-state index is -0.711. The van der Waals surface area contributed by atoms with E-state index in [9.17, 15) is 4.79 Å². The predicted molar refractivity (Wildman–Crippen MR) is 61.0 cm³/mol. The lowest BCUT2D eigenvalue weighted by atomic mass is 10.2. The van der Waals surface area contributed by atoms with E-state index in [1.165, 1.54) is 0 Å². The Balaban J connectivity index is 2.00. The van der Waals surface area contributed by atoms with Gasteiger partial charge in [-0.3, -0.25) is 4.79 Å². The van der Waals surface area contributed by atoms with Crippen LogP contribution in [-0.2, 0) is 11.3 Å². The van der Waals surface area contributed by atoms with Gasteiger partial charge in [0.25, 0.3) is 0 Å². The van der Waals surface area contributed by atoms with Crippen LogP contribution in [-0.4, -0.2) is 32.1 Å². The summed E-state index contributed by atoms with van der Waals surface area (Å²) in [4.78, 5) is 14.5. The SMILES string of the molecule is CC(CSCCCn1ccnc1)C(=O)O. The fourth-order valence-electron chi connectivity index (χ4n) is 1.10. The Hall–Kier alpha value is -0.970. The van der Waals surface area contributed by atoms with E-state index >= 15 is 0 Å². The summed E-state index contributed by atoms with van der Waals surface area (Å²) in [5, 5.41) is 8.66. The van der Waals surface area contributed by atoms with E-state index in [0.29, 0.717) is 5.75 Å². The number of hydrogen-bond donors (Lipinski definition) is 1. The van der Waals surface area contributed by atoms with E-state index in [1.54, 1.807) is 31.2 Å². The summed E-state index contributed by atoms with van der Waals surface area (Å²) in [5.41, 5.74) is 0. The number of imidazole rings is 1. The number of hydrogen-bond acceptors (Lipinski definition) is 3. The van der Waals surface area contributed by atoms with Crippen LogP contribution in [0.25, 0.3) is 0 Å². The molecule has 0 aliphatic rings. The van der Waals surface area contributed by atoms with Crippen molar-refractivity contribution in [3.8, 4) is 0 Å². The summed E-state index contributed by atoms with van der Waals surface area (Å²) in [7, 11) is 0. The molecule has 0 aliphatic heterocycles. The molecule has 15 heavy (non-hydrogen) atoms. The van der Waals surface area contributed by atoms with Gasteiger partial charge in [-0.25, -0.2) is 4.98 Å². The summed E-state index contributed by atoms with van der Waals surface area (Å²) in [5.74, 6) is 0.732. The number of aliphatic carboxylic acids is 1. The summed E-state index contributed by atoms with van der Waals surface area (Å²) >= 11 is 1.70. The van der Waals surface area contributed by atoms with E-state index in [-0.39, 0.29) is 5.92 Å². The van der Waals surface area contributed by atoms with Gasteiger partial charge in [0, 0.05) is 24.7 Å². The number of rotatable bonds is 7.